The van der Waals surface area contributed by atoms with Crippen LogP contribution in [0.4, 0.5) is 5.69 Å². The summed E-state index contributed by atoms with van der Waals surface area (Å²) in [5, 5.41) is 2.80. The van der Waals surface area contributed by atoms with E-state index in [9.17, 15) is 18.0 Å². The summed E-state index contributed by atoms with van der Waals surface area (Å²) in [7, 11) is -3.26. The summed E-state index contributed by atoms with van der Waals surface area (Å²) in [6.45, 7) is 2.24. The second-order valence-electron chi connectivity index (χ2n) is 6.88. The number of hydrogen-bond donors (Lipinski definition) is 1. The highest BCUT2D eigenvalue weighted by atomic mass is 32.2. The van der Waals surface area contributed by atoms with Gasteiger partial charge >= 0.3 is 0 Å². The SMILES string of the molecule is Cc1ccc(NC(=O)[C@H](CCS(C)(=O)=O)N2Cc3ccccc3C2=O)cc1. The molecule has 0 spiro atoms. The Kier molecular flexibility index (Phi) is 5.32. The quantitative estimate of drug-likeness (QED) is 0.826. The van der Waals surface area contributed by atoms with Crippen LogP contribution in [0.5, 0.6) is 0 Å². The molecule has 0 aromatic heterocycles. The number of amides is 2. The van der Waals surface area contributed by atoms with Gasteiger partial charge in [0, 0.05) is 24.1 Å². The number of benzene rings is 2. The van der Waals surface area contributed by atoms with E-state index in [2.05, 4.69) is 5.32 Å². The third kappa shape index (κ3) is 4.54. The van der Waals surface area contributed by atoms with Crippen molar-refractivity contribution >= 4 is 27.3 Å². The smallest absolute Gasteiger partial charge is 0.255 e. The van der Waals surface area contributed by atoms with Crippen LogP contribution < -0.4 is 5.32 Å². The van der Waals surface area contributed by atoms with Gasteiger partial charge < -0.3 is 10.2 Å². The molecule has 1 aliphatic heterocycles. The van der Waals surface area contributed by atoms with Crippen LogP contribution in [0.2, 0.25) is 0 Å². The van der Waals surface area contributed by atoms with Crippen molar-refractivity contribution in [3.05, 3.63) is 65.2 Å². The summed E-state index contributed by atoms with van der Waals surface area (Å²) in [4.78, 5) is 27.1. The molecular formula is C20H22N2O4S. The van der Waals surface area contributed by atoms with Gasteiger partial charge in [0.25, 0.3) is 5.91 Å². The lowest BCUT2D eigenvalue weighted by Gasteiger charge is -2.26. The van der Waals surface area contributed by atoms with E-state index < -0.39 is 15.9 Å². The fraction of sp³-hybridized carbons (Fsp3) is 0.300. The van der Waals surface area contributed by atoms with Crippen LogP contribution in [-0.2, 0) is 21.2 Å². The van der Waals surface area contributed by atoms with Crippen molar-refractivity contribution in [2.75, 3.05) is 17.3 Å². The van der Waals surface area contributed by atoms with Crippen molar-refractivity contribution in [3.63, 3.8) is 0 Å². The van der Waals surface area contributed by atoms with Crippen LogP contribution in [0, 0.1) is 6.92 Å². The molecule has 1 atom stereocenters. The maximum absolute atomic E-state index is 12.9. The van der Waals surface area contributed by atoms with E-state index >= 15 is 0 Å². The number of carbonyl (C=O) groups excluding carboxylic acids is 2. The van der Waals surface area contributed by atoms with Gasteiger partial charge in [0.1, 0.15) is 15.9 Å². The number of fused-ring (bicyclic) bond motifs is 1. The largest absolute Gasteiger partial charge is 0.324 e. The summed E-state index contributed by atoms with van der Waals surface area (Å²) in [6.07, 6.45) is 1.18. The topological polar surface area (TPSA) is 83.6 Å². The summed E-state index contributed by atoms with van der Waals surface area (Å²) < 4.78 is 23.3. The minimum absolute atomic E-state index is 0.0518. The van der Waals surface area contributed by atoms with E-state index in [0.717, 1.165) is 17.4 Å². The number of carbonyl (C=O) groups is 2. The molecule has 0 unspecified atom stereocenters. The molecule has 2 amide bonds. The first-order valence-corrected chi connectivity index (χ1v) is 10.7. The molecule has 0 aliphatic carbocycles. The first-order valence-electron chi connectivity index (χ1n) is 8.69. The van der Waals surface area contributed by atoms with E-state index in [0.29, 0.717) is 17.8 Å². The number of anilines is 1. The molecule has 2 aromatic rings. The Morgan fingerprint density at radius 1 is 1.15 bits per heavy atom. The van der Waals surface area contributed by atoms with Crippen LogP contribution in [0.1, 0.15) is 27.9 Å². The van der Waals surface area contributed by atoms with Crippen molar-refractivity contribution in [1.82, 2.24) is 4.90 Å². The highest BCUT2D eigenvalue weighted by molar-refractivity contribution is 7.90. The van der Waals surface area contributed by atoms with Crippen LogP contribution >= 0.6 is 0 Å². The van der Waals surface area contributed by atoms with Gasteiger partial charge in [-0.3, -0.25) is 9.59 Å². The maximum atomic E-state index is 12.9. The minimum atomic E-state index is -3.26. The minimum Gasteiger partial charge on any atom is -0.324 e. The molecule has 3 rings (SSSR count). The van der Waals surface area contributed by atoms with E-state index in [-0.39, 0.29) is 24.0 Å². The highest BCUT2D eigenvalue weighted by Gasteiger charge is 2.36. The zero-order chi connectivity index (χ0) is 19.6. The van der Waals surface area contributed by atoms with Gasteiger partial charge in [-0.2, -0.15) is 0 Å². The Bertz CT molecular complexity index is 968. The Balaban J connectivity index is 1.84. The van der Waals surface area contributed by atoms with Gasteiger partial charge in [-0.25, -0.2) is 8.42 Å². The van der Waals surface area contributed by atoms with Gasteiger partial charge in [-0.15, -0.1) is 0 Å². The van der Waals surface area contributed by atoms with Gasteiger partial charge in [0.05, 0.1) is 5.75 Å². The molecule has 0 saturated heterocycles. The molecule has 6 nitrogen and oxygen atoms in total. The zero-order valence-corrected chi connectivity index (χ0v) is 16.1. The molecule has 1 aliphatic rings. The molecule has 27 heavy (non-hydrogen) atoms. The van der Waals surface area contributed by atoms with Crippen molar-refractivity contribution in [2.45, 2.75) is 25.9 Å². The molecule has 2 aromatic carbocycles. The molecule has 0 radical (unpaired) electrons. The lowest BCUT2D eigenvalue weighted by Crippen LogP contribution is -2.45. The van der Waals surface area contributed by atoms with E-state index in [1.165, 1.54) is 4.90 Å². The predicted molar refractivity (Wildman–Crippen MR) is 104 cm³/mol. The molecule has 0 fully saturated rings. The molecular weight excluding hydrogens is 364 g/mol. The maximum Gasteiger partial charge on any atom is 0.255 e. The van der Waals surface area contributed by atoms with Crippen LogP contribution in [0.3, 0.4) is 0 Å². The van der Waals surface area contributed by atoms with E-state index in [4.69, 9.17) is 0 Å². The fourth-order valence-corrected chi connectivity index (χ4v) is 3.80. The number of hydrogen-bond acceptors (Lipinski definition) is 4. The third-order valence-corrected chi connectivity index (χ3v) is 5.59. The van der Waals surface area contributed by atoms with Gasteiger partial charge in [-0.1, -0.05) is 35.9 Å². The summed E-state index contributed by atoms with van der Waals surface area (Å²) in [5.41, 5.74) is 3.07. The second kappa shape index (κ2) is 7.52. The average Bonchev–Trinajstić information content (AvgIpc) is 2.93. The molecule has 1 N–H and O–H groups in total. The standard InChI is InChI=1S/C20H22N2O4S/c1-14-7-9-16(10-8-14)21-19(23)18(11-12-27(2,25)26)22-13-15-5-3-4-6-17(15)20(22)24/h3-10,18H,11-13H2,1-2H3,(H,21,23)/t18-/m0/s1. The van der Waals surface area contributed by atoms with Crippen molar-refractivity contribution < 1.29 is 18.0 Å². The molecule has 0 bridgehead atoms. The highest BCUT2D eigenvalue weighted by Crippen LogP contribution is 2.26. The van der Waals surface area contributed by atoms with Crippen molar-refractivity contribution in [3.8, 4) is 0 Å². The predicted octanol–water partition coefficient (Wildman–Crippen LogP) is 2.39. The first-order chi connectivity index (χ1) is 12.7. The Labute approximate surface area is 159 Å². The lowest BCUT2D eigenvalue weighted by atomic mass is 10.1. The van der Waals surface area contributed by atoms with Crippen LogP contribution in [-0.4, -0.2) is 43.2 Å². The fourth-order valence-electron chi connectivity index (χ4n) is 3.15. The lowest BCUT2D eigenvalue weighted by molar-refractivity contribution is -0.120. The van der Waals surface area contributed by atoms with Crippen molar-refractivity contribution in [2.24, 2.45) is 0 Å². The summed E-state index contributed by atoms with van der Waals surface area (Å²) in [6, 6.07) is 13.6. The first kappa shape index (κ1) is 19.1. The Hall–Kier alpha value is -2.67. The van der Waals surface area contributed by atoms with Crippen molar-refractivity contribution in [1.29, 1.82) is 0 Å². The number of nitrogens with one attached hydrogen (secondary N) is 1. The molecule has 7 heteroatoms. The van der Waals surface area contributed by atoms with Gasteiger partial charge in [0.15, 0.2) is 0 Å². The zero-order valence-electron chi connectivity index (χ0n) is 15.3. The molecule has 1 heterocycles. The van der Waals surface area contributed by atoms with Crippen LogP contribution in [0.15, 0.2) is 48.5 Å². The molecule has 0 saturated carbocycles. The van der Waals surface area contributed by atoms with E-state index in [1.54, 1.807) is 24.3 Å². The van der Waals surface area contributed by atoms with Crippen LogP contribution in [0.25, 0.3) is 0 Å². The number of nitrogens with zero attached hydrogens (tertiary/aromatic N) is 1. The Morgan fingerprint density at radius 3 is 2.44 bits per heavy atom. The average molecular weight is 386 g/mol. The summed E-state index contributed by atoms with van der Waals surface area (Å²) >= 11 is 0. The normalized spacial score (nSPS) is 14.7. The third-order valence-electron chi connectivity index (χ3n) is 4.61. The van der Waals surface area contributed by atoms with Gasteiger partial charge in [-0.05, 0) is 37.1 Å². The molecule has 142 valence electrons. The monoisotopic (exact) mass is 386 g/mol. The Morgan fingerprint density at radius 2 is 1.81 bits per heavy atom. The van der Waals surface area contributed by atoms with Gasteiger partial charge in [0.2, 0.25) is 5.91 Å². The number of aryl methyl sites for hydroxylation is 1. The number of rotatable bonds is 6. The summed E-state index contributed by atoms with van der Waals surface area (Å²) in [5.74, 6) is -0.800. The second-order valence-corrected chi connectivity index (χ2v) is 9.14. The number of sulfone groups is 1. The van der Waals surface area contributed by atoms with E-state index in [1.807, 2.05) is 31.2 Å².